The van der Waals surface area contributed by atoms with Crippen molar-refractivity contribution in [3.63, 3.8) is 0 Å². The summed E-state index contributed by atoms with van der Waals surface area (Å²) in [5.41, 5.74) is 4.70. The first-order valence-electron chi connectivity index (χ1n) is 16.3. The number of hydrogen-bond donors (Lipinski definition) is 0. The molecule has 0 aliphatic rings. The lowest BCUT2D eigenvalue weighted by atomic mass is 10.1. The van der Waals surface area contributed by atoms with Gasteiger partial charge in [-0.3, -0.25) is 0 Å². The van der Waals surface area contributed by atoms with E-state index >= 15 is 0 Å². The average molecular weight is 585 g/mol. The third kappa shape index (κ3) is 3.94. The molecule has 3 heterocycles. The van der Waals surface area contributed by atoms with Crippen molar-refractivity contribution < 1.29 is 5.48 Å². The Labute approximate surface area is 263 Å². The summed E-state index contributed by atoms with van der Waals surface area (Å²) < 4.78 is 38.7. The van der Waals surface area contributed by atoms with E-state index in [1.54, 1.807) is 23.5 Å². The van der Waals surface area contributed by atoms with E-state index in [0.717, 1.165) is 42.6 Å². The Morgan fingerprint density at radius 1 is 0.500 bits per heavy atom. The van der Waals surface area contributed by atoms with E-state index in [9.17, 15) is 0 Å². The quantitative estimate of drug-likeness (QED) is 0.207. The van der Waals surface area contributed by atoms with E-state index in [-0.39, 0.29) is 24.2 Å². The monoisotopic (exact) mass is 584 g/mol. The lowest BCUT2D eigenvalue weighted by molar-refractivity contribution is 1.07. The predicted molar refractivity (Wildman–Crippen MR) is 183 cm³/mol. The third-order valence-electron chi connectivity index (χ3n) is 7.96. The van der Waals surface area contributed by atoms with Gasteiger partial charge >= 0.3 is 0 Å². The number of fused-ring (bicyclic) bond motifs is 6. The van der Waals surface area contributed by atoms with Crippen molar-refractivity contribution in [2.24, 2.45) is 0 Å². The summed E-state index contributed by atoms with van der Waals surface area (Å²) in [5, 5.41) is 3.37. The first kappa shape index (κ1) is 21.1. The number of aromatic nitrogens is 4. The fraction of sp³-hybridized carbons (Fsp3) is 0. The SMILES string of the molecule is [2H]c1cc([2H])c2c(c1)c1cc([2H])cc([2H])c1n2-c1cccc2sc3ccc(-c4nc(-c5ccccc5)nc(-c5ccccc5)n4)cc3c12. The van der Waals surface area contributed by atoms with Crippen molar-refractivity contribution in [1.29, 1.82) is 0 Å². The summed E-state index contributed by atoms with van der Waals surface area (Å²) in [6.45, 7) is 0. The summed E-state index contributed by atoms with van der Waals surface area (Å²) >= 11 is 1.68. The van der Waals surface area contributed by atoms with Crippen LogP contribution in [-0.2, 0) is 0 Å². The van der Waals surface area contributed by atoms with Gasteiger partial charge in [0, 0.05) is 47.6 Å². The van der Waals surface area contributed by atoms with E-state index < -0.39 is 0 Å². The van der Waals surface area contributed by atoms with Gasteiger partial charge in [0.25, 0.3) is 0 Å². The first-order valence-corrected chi connectivity index (χ1v) is 15.1. The molecular formula is C39H24N4S. The van der Waals surface area contributed by atoms with Crippen LogP contribution in [0.4, 0.5) is 0 Å². The summed E-state index contributed by atoms with van der Waals surface area (Å²) in [6, 6.07) is 39.6. The van der Waals surface area contributed by atoms with Gasteiger partial charge in [0.2, 0.25) is 0 Å². The van der Waals surface area contributed by atoms with Gasteiger partial charge in [-0.25, -0.2) is 15.0 Å². The molecule has 0 bridgehead atoms. The van der Waals surface area contributed by atoms with E-state index in [4.69, 9.17) is 20.4 Å². The second-order valence-corrected chi connectivity index (χ2v) is 11.6. The second-order valence-electron chi connectivity index (χ2n) is 10.6. The minimum atomic E-state index is 0.198. The Morgan fingerprint density at radius 3 is 1.70 bits per heavy atom. The normalized spacial score (nSPS) is 12.9. The highest BCUT2D eigenvalue weighted by Crippen LogP contribution is 2.42. The fourth-order valence-corrected chi connectivity index (χ4v) is 7.07. The number of benzene rings is 6. The van der Waals surface area contributed by atoms with Gasteiger partial charge in [-0.05, 0) is 42.4 Å². The zero-order valence-corrected chi connectivity index (χ0v) is 24.1. The molecule has 0 fully saturated rings. The molecule has 44 heavy (non-hydrogen) atoms. The Balaban J connectivity index is 1.33. The molecule has 6 aromatic carbocycles. The summed E-state index contributed by atoms with van der Waals surface area (Å²) in [4.78, 5) is 14.8. The number of thiophene rings is 1. The molecule has 0 amide bonds. The highest BCUT2D eigenvalue weighted by atomic mass is 32.1. The molecule has 0 aliphatic heterocycles. The van der Waals surface area contributed by atoms with E-state index in [1.165, 1.54) is 12.1 Å². The van der Waals surface area contributed by atoms with Crippen LogP contribution in [0.25, 0.3) is 81.8 Å². The molecule has 5 heteroatoms. The zero-order valence-electron chi connectivity index (χ0n) is 27.2. The highest BCUT2D eigenvalue weighted by molar-refractivity contribution is 7.25. The van der Waals surface area contributed by atoms with Gasteiger partial charge in [-0.15, -0.1) is 11.3 Å². The third-order valence-corrected chi connectivity index (χ3v) is 9.09. The maximum Gasteiger partial charge on any atom is 0.164 e. The molecule has 0 radical (unpaired) electrons. The van der Waals surface area contributed by atoms with Crippen molar-refractivity contribution in [2.75, 3.05) is 0 Å². The first-order chi connectivity index (χ1) is 23.4. The van der Waals surface area contributed by atoms with Crippen LogP contribution in [0.5, 0.6) is 0 Å². The van der Waals surface area contributed by atoms with Crippen LogP contribution in [-0.4, -0.2) is 19.5 Å². The molecule has 0 spiro atoms. The molecule has 9 aromatic rings. The maximum absolute atomic E-state index is 8.95. The van der Waals surface area contributed by atoms with E-state index in [0.29, 0.717) is 39.3 Å². The molecule has 9 rings (SSSR count). The average Bonchev–Trinajstić information content (AvgIpc) is 3.64. The molecule has 0 atom stereocenters. The maximum atomic E-state index is 8.95. The summed E-state index contributed by atoms with van der Waals surface area (Å²) in [7, 11) is 0. The zero-order chi connectivity index (χ0) is 32.5. The second kappa shape index (κ2) is 9.97. The van der Waals surface area contributed by atoms with Gasteiger partial charge in [-0.1, -0.05) is 103 Å². The Bertz CT molecular complexity index is 2600. The van der Waals surface area contributed by atoms with Crippen molar-refractivity contribution in [2.45, 2.75) is 0 Å². The standard InChI is InChI=1S/C39H24N4S/c1-3-12-25(13-4-1)37-40-38(26-14-5-2-6-15-26)42-39(41-37)27-22-23-34-30(24-27)36-33(20-11-21-35(36)44-34)43-31-18-9-7-16-28(31)29-17-8-10-19-32(29)43/h1-24H/i7D,8D,18D,19D. The van der Waals surface area contributed by atoms with Crippen LogP contribution in [0.15, 0.2) is 145 Å². The summed E-state index contributed by atoms with van der Waals surface area (Å²) in [6.07, 6.45) is 0. The van der Waals surface area contributed by atoms with Gasteiger partial charge in [0.15, 0.2) is 17.5 Å². The number of para-hydroxylation sites is 2. The predicted octanol–water partition coefficient (Wildman–Crippen LogP) is 10.3. The van der Waals surface area contributed by atoms with Gasteiger partial charge < -0.3 is 4.57 Å². The van der Waals surface area contributed by atoms with Crippen LogP contribution < -0.4 is 0 Å². The number of nitrogens with zero attached hydrogens (tertiary/aromatic N) is 4. The number of hydrogen-bond acceptors (Lipinski definition) is 4. The Kier molecular flexibility index (Phi) is 4.78. The van der Waals surface area contributed by atoms with Crippen LogP contribution in [0.2, 0.25) is 0 Å². The minimum absolute atomic E-state index is 0.198. The molecule has 0 saturated carbocycles. The van der Waals surface area contributed by atoms with Crippen LogP contribution in [0.1, 0.15) is 5.48 Å². The van der Waals surface area contributed by atoms with Gasteiger partial charge in [0.1, 0.15) is 0 Å². The van der Waals surface area contributed by atoms with Crippen molar-refractivity contribution >= 4 is 53.3 Å². The fourth-order valence-electron chi connectivity index (χ4n) is 5.97. The molecule has 0 aliphatic carbocycles. The van der Waals surface area contributed by atoms with E-state index in [1.807, 2.05) is 83.4 Å². The van der Waals surface area contributed by atoms with E-state index in [2.05, 4.69) is 18.2 Å². The van der Waals surface area contributed by atoms with Crippen LogP contribution >= 0.6 is 11.3 Å². The lowest BCUT2D eigenvalue weighted by Gasteiger charge is -2.11. The Morgan fingerprint density at radius 2 is 1.09 bits per heavy atom. The summed E-state index contributed by atoms with van der Waals surface area (Å²) in [5.74, 6) is 1.74. The largest absolute Gasteiger partial charge is 0.309 e. The van der Waals surface area contributed by atoms with Crippen molar-refractivity contribution in [1.82, 2.24) is 19.5 Å². The van der Waals surface area contributed by atoms with Gasteiger partial charge in [-0.2, -0.15) is 0 Å². The van der Waals surface area contributed by atoms with Crippen LogP contribution in [0, 0.1) is 0 Å². The molecule has 3 aromatic heterocycles. The molecular weight excluding hydrogens is 557 g/mol. The van der Waals surface area contributed by atoms with Crippen LogP contribution in [0.3, 0.4) is 0 Å². The van der Waals surface area contributed by atoms with Gasteiger partial charge in [0.05, 0.1) is 22.2 Å². The topological polar surface area (TPSA) is 43.6 Å². The molecule has 206 valence electrons. The highest BCUT2D eigenvalue weighted by Gasteiger charge is 2.18. The Hall–Kier alpha value is -5.65. The van der Waals surface area contributed by atoms with Crippen molar-refractivity contribution in [3.05, 3.63) is 145 Å². The van der Waals surface area contributed by atoms with Crippen molar-refractivity contribution in [3.8, 4) is 39.9 Å². The smallest absolute Gasteiger partial charge is 0.164 e. The lowest BCUT2D eigenvalue weighted by Crippen LogP contribution is -2.00. The molecule has 4 nitrogen and oxygen atoms in total. The molecule has 0 saturated heterocycles. The minimum Gasteiger partial charge on any atom is -0.309 e. The number of rotatable bonds is 4. The molecule has 0 unspecified atom stereocenters. The molecule has 0 N–H and O–H groups in total.